The fourth-order valence-electron chi connectivity index (χ4n) is 1.49. The first-order chi connectivity index (χ1) is 12.2. The fraction of sp³-hybridized carbons (Fsp3) is 0.500. The van der Waals surface area contributed by atoms with Crippen molar-refractivity contribution in [2.75, 3.05) is 26.4 Å². The first kappa shape index (κ1) is 24.8. The van der Waals surface area contributed by atoms with Crippen LogP contribution >= 0.6 is 34.8 Å². The molecule has 0 saturated carbocycles. The molecule has 0 aliphatic heterocycles. The lowest BCUT2D eigenvalue weighted by molar-refractivity contribution is -0.159. The molecular formula is C16H22Cl3NO6. The van der Waals surface area contributed by atoms with Crippen LogP contribution in [0.4, 0.5) is 0 Å². The third kappa shape index (κ3) is 11.4. The number of hydrogen-bond acceptors (Lipinski definition) is 5. The van der Waals surface area contributed by atoms with Crippen molar-refractivity contribution in [2.24, 2.45) is 0 Å². The number of hydrogen-bond donors (Lipinski definition) is 3. The molecule has 148 valence electrons. The van der Waals surface area contributed by atoms with Gasteiger partial charge in [0, 0.05) is 17.6 Å². The molecule has 0 heterocycles. The van der Waals surface area contributed by atoms with Crippen molar-refractivity contribution in [3.63, 3.8) is 0 Å². The van der Waals surface area contributed by atoms with Crippen LogP contribution in [0.25, 0.3) is 0 Å². The van der Waals surface area contributed by atoms with E-state index < -0.39 is 11.9 Å². The van der Waals surface area contributed by atoms with Crippen LogP contribution in [0, 0.1) is 0 Å². The lowest BCUT2D eigenvalue weighted by Gasteiger charge is -2.12. The van der Waals surface area contributed by atoms with E-state index in [4.69, 9.17) is 64.1 Å². The minimum Gasteiger partial charge on any atom is -0.488 e. The van der Waals surface area contributed by atoms with Crippen LogP contribution < -0.4 is 10.1 Å². The van der Waals surface area contributed by atoms with E-state index in [1.165, 1.54) is 0 Å². The smallest absolute Gasteiger partial charge is 0.414 e. The number of benzene rings is 1. The van der Waals surface area contributed by atoms with Gasteiger partial charge in [-0.05, 0) is 25.5 Å². The SMILES string of the molecule is CCC(C)NCCOCCOc1c(Cl)cc(Cl)cc1Cl.O=C(O)C(=O)O. The Morgan fingerprint density at radius 3 is 2.08 bits per heavy atom. The highest BCUT2D eigenvalue weighted by Gasteiger charge is 2.09. The van der Waals surface area contributed by atoms with Gasteiger partial charge >= 0.3 is 11.9 Å². The number of ether oxygens (including phenoxy) is 2. The summed E-state index contributed by atoms with van der Waals surface area (Å²) in [5.74, 6) is -3.20. The summed E-state index contributed by atoms with van der Waals surface area (Å²) in [5, 5.41) is 19.4. The maximum absolute atomic E-state index is 9.10. The molecule has 0 saturated heterocycles. The summed E-state index contributed by atoms with van der Waals surface area (Å²) in [7, 11) is 0. The first-order valence-electron chi connectivity index (χ1n) is 7.73. The van der Waals surface area contributed by atoms with Gasteiger partial charge < -0.3 is 25.0 Å². The highest BCUT2D eigenvalue weighted by molar-refractivity contribution is 6.40. The molecule has 26 heavy (non-hydrogen) atoms. The summed E-state index contributed by atoms with van der Waals surface area (Å²) in [6, 6.07) is 3.71. The number of rotatable bonds is 9. The Morgan fingerprint density at radius 2 is 1.62 bits per heavy atom. The number of carboxylic acids is 2. The number of aliphatic carboxylic acids is 2. The molecule has 0 aliphatic rings. The quantitative estimate of drug-likeness (QED) is 0.406. The predicted octanol–water partition coefficient (Wildman–Crippen LogP) is 3.59. The van der Waals surface area contributed by atoms with Gasteiger partial charge in [0.25, 0.3) is 0 Å². The summed E-state index contributed by atoms with van der Waals surface area (Å²) in [6.07, 6.45) is 1.11. The van der Waals surface area contributed by atoms with E-state index in [0.29, 0.717) is 46.7 Å². The highest BCUT2D eigenvalue weighted by atomic mass is 35.5. The van der Waals surface area contributed by atoms with Crippen molar-refractivity contribution < 1.29 is 29.3 Å². The van der Waals surface area contributed by atoms with Crippen LogP contribution in [0.2, 0.25) is 15.1 Å². The van der Waals surface area contributed by atoms with Crippen LogP contribution in [0.1, 0.15) is 20.3 Å². The maximum atomic E-state index is 9.10. The molecule has 0 bridgehead atoms. The summed E-state index contributed by atoms with van der Waals surface area (Å²) >= 11 is 17.8. The fourth-order valence-corrected chi connectivity index (χ4v) is 2.42. The molecule has 0 fully saturated rings. The molecular weight excluding hydrogens is 409 g/mol. The molecule has 1 atom stereocenters. The lowest BCUT2D eigenvalue weighted by atomic mass is 10.3. The minimum absolute atomic E-state index is 0.393. The molecule has 0 radical (unpaired) electrons. The van der Waals surface area contributed by atoms with E-state index >= 15 is 0 Å². The van der Waals surface area contributed by atoms with Gasteiger partial charge in [-0.2, -0.15) is 0 Å². The van der Waals surface area contributed by atoms with Crippen molar-refractivity contribution in [1.29, 1.82) is 0 Å². The van der Waals surface area contributed by atoms with Crippen LogP contribution in [-0.2, 0) is 14.3 Å². The largest absolute Gasteiger partial charge is 0.488 e. The van der Waals surface area contributed by atoms with E-state index in [1.807, 2.05) is 0 Å². The minimum atomic E-state index is -1.82. The van der Waals surface area contributed by atoms with E-state index in [1.54, 1.807) is 12.1 Å². The Hall–Kier alpha value is -1.25. The molecule has 1 rings (SSSR count). The zero-order chi connectivity index (χ0) is 20.1. The topological polar surface area (TPSA) is 105 Å². The van der Waals surface area contributed by atoms with Crippen LogP contribution in [-0.4, -0.2) is 54.6 Å². The zero-order valence-corrected chi connectivity index (χ0v) is 16.7. The average molecular weight is 431 g/mol. The molecule has 1 aromatic rings. The van der Waals surface area contributed by atoms with Gasteiger partial charge in [0.15, 0.2) is 5.75 Å². The molecule has 0 amide bonds. The van der Waals surface area contributed by atoms with Crippen molar-refractivity contribution in [3.8, 4) is 5.75 Å². The first-order valence-corrected chi connectivity index (χ1v) is 8.87. The molecule has 1 aromatic carbocycles. The third-order valence-electron chi connectivity index (χ3n) is 2.97. The molecule has 0 aromatic heterocycles. The Bertz CT molecular complexity index is 550. The number of nitrogens with one attached hydrogen (secondary N) is 1. The van der Waals surface area contributed by atoms with Crippen LogP contribution in [0.3, 0.4) is 0 Å². The average Bonchev–Trinajstić information content (AvgIpc) is 2.55. The molecule has 0 spiro atoms. The van der Waals surface area contributed by atoms with E-state index in [-0.39, 0.29) is 0 Å². The summed E-state index contributed by atoms with van der Waals surface area (Å²) in [6.45, 7) is 6.65. The summed E-state index contributed by atoms with van der Waals surface area (Å²) in [5.41, 5.74) is 0. The number of carbonyl (C=O) groups is 2. The van der Waals surface area contributed by atoms with Gasteiger partial charge in [0.05, 0.1) is 23.3 Å². The van der Waals surface area contributed by atoms with Gasteiger partial charge in [0.1, 0.15) is 6.61 Å². The number of halogens is 3. The summed E-state index contributed by atoms with van der Waals surface area (Å²) < 4.78 is 11.0. The van der Waals surface area contributed by atoms with E-state index in [9.17, 15) is 0 Å². The number of carboxylic acid groups (broad SMARTS) is 2. The summed E-state index contributed by atoms with van der Waals surface area (Å²) in [4.78, 5) is 18.2. The van der Waals surface area contributed by atoms with Crippen LogP contribution in [0.15, 0.2) is 12.1 Å². The Balaban J connectivity index is 0.000000896. The lowest BCUT2D eigenvalue weighted by Crippen LogP contribution is -2.29. The van der Waals surface area contributed by atoms with E-state index in [0.717, 1.165) is 13.0 Å². The highest BCUT2D eigenvalue weighted by Crippen LogP contribution is 2.35. The van der Waals surface area contributed by atoms with Gasteiger partial charge in [0.2, 0.25) is 0 Å². The standard InChI is InChI=1S/C14H20Cl3NO2.C2H2O4/c1-3-10(2)18-4-5-19-6-7-20-14-12(16)8-11(15)9-13(14)17;3-1(4)2(5)6/h8-10,18H,3-7H2,1-2H3;(H,3,4)(H,5,6). The van der Waals surface area contributed by atoms with Crippen LogP contribution in [0.5, 0.6) is 5.75 Å². The third-order valence-corrected chi connectivity index (χ3v) is 3.75. The maximum Gasteiger partial charge on any atom is 0.414 e. The molecule has 0 aliphatic carbocycles. The van der Waals surface area contributed by atoms with Crippen molar-refractivity contribution >= 4 is 46.7 Å². The monoisotopic (exact) mass is 429 g/mol. The van der Waals surface area contributed by atoms with Gasteiger partial charge in [-0.25, -0.2) is 9.59 Å². The molecule has 3 N–H and O–H groups in total. The Morgan fingerprint density at radius 1 is 1.08 bits per heavy atom. The Kier molecular flexibility index (Phi) is 13.2. The molecule has 7 nitrogen and oxygen atoms in total. The second kappa shape index (κ2) is 13.9. The van der Waals surface area contributed by atoms with Crippen molar-refractivity contribution in [2.45, 2.75) is 26.3 Å². The second-order valence-corrected chi connectivity index (χ2v) is 6.28. The van der Waals surface area contributed by atoms with Gasteiger partial charge in [-0.3, -0.25) is 0 Å². The molecule has 1 unspecified atom stereocenters. The predicted molar refractivity (Wildman–Crippen MR) is 101 cm³/mol. The Labute approximate surface area is 167 Å². The van der Waals surface area contributed by atoms with E-state index in [2.05, 4.69) is 19.2 Å². The normalized spacial score (nSPS) is 11.3. The van der Waals surface area contributed by atoms with Crippen molar-refractivity contribution in [3.05, 3.63) is 27.2 Å². The van der Waals surface area contributed by atoms with Gasteiger partial charge in [-0.1, -0.05) is 41.7 Å². The van der Waals surface area contributed by atoms with Crippen molar-refractivity contribution in [1.82, 2.24) is 5.32 Å². The second-order valence-electron chi connectivity index (χ2n) is 5.03. The molecule has 10 heteroatoms. The zero-order valence-electron chi connectivity index (χ0n) is 14.4. The van der Waals surface area contributed by atoms with Gasteiger partial charge in [-0.15, -0.1) is 0 Å².